The number of carbonyl (C=O) groups is 1. The summed E-state index contributed by atoms with van der Waals surface area (Å²) in [6.07, 6.45) is 0.322. The van der Waals surface area contributed by atoms with E-state index in [0.717, 1.165) is 16.0 Å². The van der Waals surface area contributed by atoms with E-state index in [1.165, 1.54) is 17.9 Å². The van der Waals surface area contributed by atoms with Crippen molar-refractivity contribution in [3.05, 3.63) is 59.5 Å². The van der Waals surface area contributed by atoms with E-state index in [4.69, 9.17) is 4.74 Å². The van der Waals surface area contributed by atoms with Crippen LogP contribution in [-0.4, -0.2) is 13.1 Å². The van der Waals surface area contributed by atoms with Gasteiger partial charge in [0.25, 0.3) is 0 Å². The SMILES string of the molecule is COC(=O)Cc1ccsc1-c1ccc2ccccc2c1. The van der Waals surface area contributed by atoms with Crippen LogP contribution in [0.5, 0.6) is 0 Å². The molecular formula is C17H14O2S. The summed E-state index contributed by atoms with van der Waals surface area (Å²) in [4.78, 5) is 12.6. The molecule has 1 heterocycles. The molecule has 3 rings (SSSR count). The van der Waals surface area contributed by atoms with Gasteiger partial charge in [0.15, 0.2) is 0 Å². The van der Waals surface area contributed by atoms with Crippen LogP contribution in [0.25, 0.3) is 21.2 Å². The van der Waals surface area contributed by atoms with Crippen molar-refractivity contribution < 1.29 is 9.53 Å². The zero-order valence-corrected chi connectivity index (χ0v) is 11.9. The van der Waals surface area contributed by atoms with Crippen molar-refractivity contribution >= 4 is 28.1 Å². The molecule has 0 amide bonds. The minimum atomic E-state index is -0.203. The van der Waals surface area contributed by atoms with Crippen LogP contribution < -0.4 is 0 Å². The lowest BCUT2D eigenvalue weighted by Gasteiger charge is -2.05. The fourth-order valence-electron chi connectivity index (χ4n) is 2.29. The number of ether oxygens (including phenoxy) is 1. The van der Waals surface area contributed by atoms with Crippen LogP contribution in [-0.2, 0) is 16.0 Å². The van der Waals surface area contributed by atoms with Crippen LogP contribution in [0.4, 0.5) is 0 Å². The van der Waals surface area contributed by atoms with E-state index >= 15 is 0 Å². The minimum absolute atomic E-state index is 0.203. The predicted octanol–water partition coefficient (Wildman–Crippen LogP) is 4.28. The fourth-order valence-corrected chi connectivity index (χ4v) is 3.21. The van der Waals surface area contributed by atoms with Gasteiger partial charge in [-0.05, 0) is 39.4 Å². The molecule has 0 saturated carbocycles. The van der Waals surface area contributed by atoms with E-state index in [-0.39, 0.29) is 5.97 Å². The van der Waals surface area contributed by atoms with Crippen LogP contribution in [0.1, 0.15) is 5.56 Å². The van der Waals surface area contributed by atoms with E-state index in [1.54, 1.807) is 11.3 Å². The Morgan fingerprint density at radius 1 is 1.10 bits per heavy atom. The maximum atomic E-state index is 11.5. The van der Waals surface area contributed by atoms with Crippen molar-refractivity contribution in [1.29, 1.82) is 0 Å². The molecule has 0 N–H and O–H groups in total. The standard InChI is InChI=1S/C17H14O2S/c1-19-16(18)11-15-8-9-20-17(15)14-7-6-12-4-2-3-5-13(12)10-14/h2-10H,11H2,1H3. The number of fused-ring (bicyclic) bond motifs is 1. The Kier molecular flexibility index (Phi) is 3.52. The first-order chi connectivity index (χ1) is 9.78. The summed E-state index contributed by atoms with van der Waals surface area (Å²) in [5.41, 5.74) is 2.18. The third kappa shape index (κ3) is 2.45. The molecule has 100 valence electrons. The molecule has 0 atom stereocenters. The van der Waals surface area contributed by atoms with Gasteiger partial charge in [-0.15, -0.1) is 11.3 Å². The molecule has 3 aromatic rings. The van der Waals surface area contributed by atoms with Crippen LogP contribution in [0.15, 0.2) is 53.9 Å². The van der Waals surface area contributed by atoms with Crippen LogP contribution in [0, 0.1) is 0 Å². The van der Waals surface area contributed by atoms with Gasteiger partial charge in [-0.1, -0.05) is 36.4 Å². The predicted molar refractivity (Wildman–Crippen MR) is 83.0 cm³/mol. The van der Waals surface area contributed by atoms with Gasteiger partial charge < -0.3 is 4.74 Å². The van der Waals surface area contributed by atoms with Gasteiger partial charge in [0.2, 0.25) is 0 Å². The van der Waals surface area contributed by atoms with Crippen LogP contribution in [0.2, 0.25) is 0 Å². The monoisotopic (exact) mass is 282 g/mol. The van der Waals surface area contributed by atoms with Gasteiger partial charge in [-0.25, -0.2) is 0 Å². The number of rotatable bonds is 3. The quantitative estimate of drug-likeness (QED) is 0.670. The highest BCUT2D eigenvalue weighted by atomic mass is 32.1. The summed E-state index contributed by atoms with van der Waals surface area (Å²) in [6, 6.07) is 16.7. The van der Waals surface area contributed by atoms with Gasteiger partial charge in [-0.2, -0.15) is 0 Å². The number of benzene rings is 2. The van der Waals surface area contributed by atoms with Crippen LogP contribution >= 0.6 is 11.3 Å². The van der Waals surface area contributed by atoms with Crippen molar-refractivity contribution in [3.63, 3.8) is 0 Å². The highest BCUT2D eigenvalue weighted by Crippen LogP contribution is 2.32. The molecule has 3 heteroatoms. The van der Waals surface area contributed by atoms with E-state index in [0.29, 0.717) is 6.42 Å². The van der Waals surface area contributed by atoms with Crippen molar-refractivity contribution in [1.82, 2.24) is 0 Å². The lowest BCUT2D eigenvalue weighted by molar-refractivity contribution is -0.139. The average molecular weight is 282 g/mol. The average Bonchev–Trinajstić information content (AvgIpc) is 2.94. The minimum Gasteiger partial charge on any atom is -0.469 e. The van der Waals surface area contributed by atoms with Crippen molar-refractivity contribution in [3.8, 4) is 10.4 Å². The normalized spacial score (nSPS) is 10.7. The zero-order chi connectivity index (χ0) is 13.9. The van der Waals surface area contributed by atoms with Crippen molar-refractivity contribution in [2.24, 2.45) is 0 Å². The van der Waals surface area contributed by atoms with Gasteiger partial charge >= 0.3 is 5.97 Å². The molecule has 0 bridgehead atoms. The summed E-state index contributed by atoms with van der Waals surface area (Å²) >= 11 is 1.66. The number of esters is 1. The smallest absolute Gasteiger partial charge is 0.310 e. The lowest BCUT2D eigenvalue weighted by Crippen LogP contribution is -2.04. The van der Waals surface area contributed by atoms with Crippen LogP contribution in [0.3, 0.4) is 0 Å². The van der Waals surface area contributed by atoms with E-state index in [1.807, 2.05) is 23.6 Å². The molecule has 1 aromatic heterocycles. The molecule has 0 spiro atoms. The highest BCUT2D eigenvalue weighted by Gasteiger charge is 2.11. The summed E-state index contributed by atoms with van der Waals surface area (Å²) in [5.74, 6) is -0.203. The molecule has 0 fully saturated rings. The van der Waals surface area contributed by atoms with Gasteiger partial charge in [0.05, 0.1) is 13.5 Å². The number of methoxy groups -OCH3 is 1. The second-order valence-corrected chi connectivity index (χ2v) is 5.51. The molecule has 0 aliphatic rings. The summed E-state index contributed by atoms with van der Waals surface area (Å²) < 4.78 is 4.75. The van der Waals surface area contributed by atoms with Crippen molar-refractivity contribution in [2.75, 3.05) is 7.11 Å². The topological polar surface area (TPSA) is 26.3 Å². The first-order valence-electron chi connectivity index (χ1n) is 6.40. The Morgan fingerprint density at radius 2 is 1.90 bits per heavy atom. The third-order valence-corrected chi connectivity index (χ3v) is 4.33. The largest absolute Gasteiger partial charge is 0.469 e. The third-order valence-electron chi connectivity index (χ3n) is 3.32. The number of hydrogen-bond donors (Lipinski definition) is 0. The van der Waals surface area contributed by atoms with E-state index in [9.17, 15) is 4.79 Å². The summed E-state index contributed by atoms with van der Waals surface area (Å²) in [6.45, 7) is 0. The molecule has 0 radical (unpaired) electrons. The first-order valence-corrected chi connectivity index (χ1v) is 7.28. The Morgan fingerprint density at radius 3 is 2.70 bits per heavy atom. The van der Waals surface area contributed by atoms with E-state index < -0.39 is 0 Å². The Balaban J connectivity index is 2.02. The second-order valence-electron chi connectivity index (χ2n) is 4.59. The fraction of sp³-hybridized carbons (Fsp3) is 0.118. The second kappa shape index (κ2) is 5.47. The highest BCUT2D eigenvalue weighted by molar-refractivity contribution is 7.13. The molecule has 2 aromatic carbocycles. The van der Waals surface area contributed by atoms with Gasteiger partial charge in [-0.3, -0.25) is 4.79 Å². The molecular weight excluding hydrogens is 268 g/mol. The molecule has 0 unspecified atom stereocenters. The Bertz CT molecular complexity index is 758. The molecule has 0 aliphatic heterocycles. The molecule has 0 saturated heterocycles. The zero-order valence-electron chi connectivity index (χ0n) is 11.1. The summed E-state index contributed by atoms with van der Waals surface area (Å²) in [7, 11) is 1.42. The molecule has 0 aliphatic carbocycles. The summed E-state index contributed by atoms with van der Waals surface area (Å²) in [5, 5.41) is 4.45. The van der Waals surface area contributed by atoms with Crippen molar-refractivity contribution in [2.45, 2.75) is 6.42 Å². The Labute approximate surface area is 121 Å². The van der Waals surface area contributed by atoms with Gasteiger partial charge in [0, 0.05) is 4.88 Å². The number of hydrogen-bond acceptors (Lipinski definition) is 3. The molecule has 2 nitrogen and oxygen atoms in total. The van der Waals surface area contributed by atoms with E-state index in [2.05, 4.69) is 30.3 Å². The molecule has 20 heavy (non-hydrogen) atoms. The number of carbonyl (C=O) groups excluding carboxylic acids is 1. The maximum Gasteiger partial charge on any atom is 0.310 e. The lowest BCUT2D eigenvalue weighted by atomic mass is 10.0. The first kappa shape index (κ1) is 12.9. The maximum absolute atomic E-state index is 11.5. The Hall–Kier alpha value is -2.13. The number of thiophene rings is 1. The van der Waals surface area contributed by atoms with Gasteiger partial charge in [0.1, 0.15) is 0 Å².